The highest BCUT2D eigenvalue weighted by Gasteiger charge is 2.26. The first-order valence-corrected chi connectivity index (χ1v) is 9.08. The van der Waals surface area contributed by atoms with E-state index in [4.69, 9.17) is 4.52 Å². The Kier molecular flexibility index (Phi) is 4.21. The Morgan fingerprint density at radius 3 is 2.00 bits per heavy atom. The summed E-state index contributed by atoms with van der Waals surface area (Å²) in [5.41, 5.74) is 0. The topological polar surface area (TPSA) is 26.3 Å². The van der Waals surface area contributed by atoms with Gasteiger partial charge in [-0.05, 0) is 24.3 Å². The Labute approximate surface area is 109 Å². The van der Waals surface area contributed by atoms with Crippen molar-refractivity contribution in [2.45, 2.75) is 0 Å². The summed E-state index contributed by atoms with van der Waals surface area (Å²) in [6.45, 7) is -2.99. The van der Waals surface area contributed by atoms with Crippen LogP contribution in [0.3, 0.4) is 0 Å². The monoisotopic (exact) mass is 282 g/mol. The van der Waals surface area contributed by atoms with E-state index in [0.717, 1.165) is 10.4 Å². The lowest BCUT2D eigenvalue weighted by atomic mass is 10.3. The van der Waals surface area contributed by atoms with Crippen LogP contribution in [0.15, 0.2) is 60.7 Å². The predicted octanol–water partition coefficient (Wildman–Crippen LogP) is 4.16. The maximum Gasteiger partial charge on any atom is 0.343 e. The van der Waals surface area contributed by atoms with Gasteiger partial charge < -0.3 is 4.52 Å². The molecule has 2 nitrogen and oxygen atoms in total. The quantitative estimate of drug-likeness (QED) is 0.518. The smallest absolute Gasteiger partial charge is 0.343 e. The van der Waals surface area contributed by atoms with Gasteiger partial charge in [0.2, 0.25) is 0 Å². The number of para-hydroxylation sites is 1. The van der Waals surface area contributed by atoms with Crippen molar-refractivity contribution in [1.82, 2.24) is 0 Å². The van der Waals surface area contributed by atoms with Crippen LogP contribution in [0.2, 0.25) is 0 Å². The third kappa shape index (κ3) is 3.09. The maximum absolute atomic E-state index is 12.6. The molecule has 0 aromatic heterocycles. The van der Waals surface area contributed by atoms with Crippen LogP contribution in [-0.2, 0) is 4.57 Å². The minimum absolute atomic E-state index is 0.584. The zero-order chi connectivity index (χ0) is 12.1. The van der Waals surface area contributed by atoms with Crippen LogP contribution in [0.4, 0.5) is 0 Å². The van der Waals surface area contributed by atoms with E-state index >= 15 is 0 Å². The van der Waals surface area contributed by atoms with Gasteiger partial charge in [-0.1, -0.05) is 36.4 Å². The molecule has 88 valence electrons. The molecule has 2 aromatic rings. The lowest BCUT2D eigenvalue weighted by molar-refractivity contribution is 0.509. The highest BCUT2D eigenvalue weighted by atomic mass is 33.3. The summed E-state index contributed by atoms with van der Waals surface area (Å²) in [7, 11) is 0.948. The summed E-state index contributed by atoms with van der Waals surface area (Å²) in [6, 6.07) is 18.2. The molecule has 0 N–H and O–H groups in total. The molecule has 17 heavy (non-hydrogen) atoms. The number of thiol groups is 1. The molecule has 1 atom stereocenters. The van der Waals surface area contributed by atoms with E-state index in [9.17, 15) is 4.57 Å². The first-order valence-electron chi connectivity index (χ1n) is 4.98. The summed E-state index contributed by atoms with van der Waals surface area (Å²) >= 11 is 4.07. The summed E-state index contributed by atoms with van der Waals surface area (Å²) in [5, 5.41) is 0.656. The molecule has 0 amide bonds. The Morgan fingerprint density at radius 2 is 1.47 bits per heavy atom. The molecule has 0 radical (unpaired) electrons. The van der Waals surface area contributed by atoms with Gasteiger partial charge in [0, 0.05) is 10.4 Å². The fraction of sp³-hybridized carbons (Fsp3) is 0. The average molecular weight is 282 g/mol. The van der Waals surface area contributed by atoms with E-state index in [0.29, 0.717) is 11.1 Å². The van der Waals surface area contributed by atoms with Crippen molar-refractivity contribution >= 4 is 33.9 Å². The van der Waals surface area contributed by atoms with Gasteiger partial charge in [-0.15, -0.1) is 11.7 Å². The van der Waals surface area contributed by atoms with Crippen molar-refractivity contribution in [3.63, 3.8) is 0 Å². The summed E-state index contributed by atoms with van der Waals surface area (Å²) in [4.78, 5) is 0. The minimum Gasteiger partial charge on any atom is -0.432 e. The predicted molar refractivity (Wildman–Crippen MR) is 77.3 cm³/mol. The summed E-state index contributed by atoms with van der Waals surface area (Å²) in [6.07, 6.45) is 0. The molecule has 0 aliphatic rings. The van der Waals surface area contributed by atoms with Crippen molar-refractivity contribution in [3.8, 4) is 5.75 Å². The second kappa shape index (κ2) is 5.67. The molecule has 0 saturated carbocycles. The zero-order valence-corrected chi connectivity index (χ0v) is 11.5. The van der Waals surface area contributed by atoms with Crippen LogP contribution >= 0.6 is 28.6 Å². The van der Waals surface area contributed by atoms with Gasteiger partial charge in [0.05, 0.1) is 5.30 Å². The Morgan fingerprint density at radius 1 is 0.941 bits per heavy atom. The van der Waals surface area contributed by atoms with E-state index in [-0.39, 0.29) is 0 Å². The average Bonchev–Trinajstić information content (AvgIpc) is 2.41. The van der Waals surface area contributed by atoms with Crippen molar-refractivity contribution in [2.75, 3.05) is 0 Å². The molecule has 0 fully saturated rings. The highest BCUT2D eigenvalue weighted by molar-refractivity contribution is 8.95. The Hall–Kier alpha value is -0.830. The molecule has 5 heteroatoms. The van der Waals surface area contributed by atoms with Crippen LogP contribution in [-0.4, -0.2) is 0 Å². The standard InChI is InChI=1S/C12H11O2PS2/c13-15(17-16,12-9-5-2-6-10-12)14-11-7-3-1-4-8-11/h1-10,16H. The second-order valence-electron chi connectivity index (χ2n) is 3.32. The molecule has 0 aliphatic heterocycles. The van der Waals surface area contributed by atoms with E-state index in [1.165, 1.54) is 0 Å². The Bertz CT molecular complexity index is 517. The largest absolute Gasteiger partial charge is 0.432 e. The highest BCUT2D eigenvalue weighted by Crippen LogP contribution is 2.59. The molecule has 0 bridgehead atoms. The van der Waals surface area contributed by atoms with Crippen molar-refractivity contribution in [3.05, 3.63) is 60.7 Å². The first kappa shape index (κ1) is 12.6. The molecular weight excluding hydrogens is 271 g/mol. The summed E-state index contributed by atoms with van der Waals surface area (Å²) < 4.78 is 18.2. The van der Waals surface area contributed by atoms with Gasteiger partial charge in [-0.3, -0.25) is 4.57 Å². The summed E-state index contributed by atoms with van der Waals surface area (Å²) in [5.74, 6) is 0.584. The molecule has 0 aliphatic carbocycles. The SMILES string of the molecule is O=P(Oc1ccccc1)(SS)c1ccccc1. The van der Waals surface area contributed by atoms with Crippen LogP contribution in [0.25, 0.3) is 0 Å². The van der Waals surface area contributed by atoms with E-state index in [1.54, 1.807) is 24.3 Å². The Balaban J connectivity index is 2.30. The molecule has 0 spiro atoms. The van der Waals surface area contributed by atoms with Gasteiger partial charge in [0.25, 0.3) is 0 Å². The molecule has 2 aromatic carbocycles. The fourth-order valence-corrected chi connectivity index (χ4v) is 4.67. The first-order chi connectivity index (χ1) is 8.24. The van der Waals surface area contributed by atoms with Crippen LogP contribution < -0.4 is 9.83 Å². The zero-order valence-electron chi connectivity index (χ0n) is 8.89. The van der Waals surface area contributed by atoms with E-state index in [1.807, 2.05) is 36.4 Å². The second-order valence-corrected chi connectivity index (χ2v) is 8.58. The normalized spacial score (nSPS) is 13.9. The minimum atomic E-state index is -2.99. The molecular formula is C12H11O2PS2. The number of rotatable bonds is 4. The molecule has 1 unspecified atom stereocenters. The lowest BCUT2D eigenvalue weighted by Gasteiger charge is -2.16. The number of benzene rings is 2. The third-order valence-corrected chi connectivity index (χ3v) is 7.18. The van der Waals surface area contributed by atoms with Crippen LogP contribution in [0.5, 0.6) is 5.75 Å². The number of hydrogen-bond donors (Lipinski definition) is 1. The maximum atomic E-state index is 12.6. The van der Waals surface area contributed by atoms with Gasteiger partial charge in [-0.2, -0.15) is 0 Å². The van der Waals surface area contributed by atoms with E-state index in [2.05, 4.69) is 11.7 Å². The number of hydrogen-bond acceptors (Lipinski definition) is 4. The fourth-order valence-electron chi connectivity index (χ4n) is 1.35. The van der Waals surface area contributed by atoms with Crippen molar-refractivity contribution in [1.29, 1.82) is 0 Å². The van der Waals surface area contributed by atoms with Crippen LogP contribution in [0, 0.1) is 0 Å². The van der Waals surface area contributed by atoms with Gasteiger partial charge in [-0.25, -0.2) is 0 Å². The van der Waals surface area contributed by atoms with Gasteiger partial charge in [0.1, 0.15) is 5.75 Å². The third-order valence-electron chi connectivity index (χ3n) is 2.15. The molecule has 0 saturated heterocycles. The molecule has 0 heterocycles. The van der Waals surface area contributed by atoms with Crippen LogP contribution in [0.1, 0.15) is 0 Å². The van der Waals surface area contributed by atoms with Gasteiger partial charge >= 0.3 is 6.57 Å². The van der Waals surface area contributed by atoms with Gasteiger partial charge in [0.15, 0.2) is 0 Å². The van der Waals surface area contributed by atoms with Crippen molar-refractivity contribution < 1.29 is 9.09 Å². The molecule has 2 rings (SSSR count). The van der Waals surface area contributed by atoms with Crippen molar-refractivity contribution in [2.24, 2.45) is 0 Å². The van der Waals surface area contributed by atoms with E-state index < -0.39 is 6.57 Å². The lowest BCUT2D eigenvalue weighted by Crippen LogP contribution is -2.05.